The summed E-state index contributed by atoms with van der Waals surface area (Å²) in [4.78, 5) is 4.19. The summed E-state index contributed by atoms with van der Waals surface area (Å²) in [5, 5.41) is 11.6. The highest BCUT2D eigenvalue weighted by Crippen LogP contribution is 2.23. The van der Waals surface area contributed by atoms with Crippen molar-refractivity contribution in [3.63, 3.8) is 0 Å². The minimum absolute atomic E-state index is 0.544. The van der Waals surface area contributed by atoms with E-state index >= 15 is 0 Å². The Hall–Kier alpha value is -1.14. The second kappa shape index (κ2) is 5.46. The number of anilines is 1. The predicted molar refractivity (Wildman–Crippen MR) is 70.0 cm³/mol. The zero-order chi connectivity index (χ0) is 12.3. The fourth-order valence-electron chi connectivity index (χ4n) is 1.39. The molecule has 0 atom stereocenters. The Kier molecular flexibility index (Phi) is 3.96. The van der Waals surface area contributed by atoms with Gasteiger partial charge in [0.25, 0.3) is 0 Å². The number of nitrogens with zero attached hydrogens (tertiary/aromatic N) is 4. The summed E-state index contributed by atoms with van der Waals surface area (Å²) >= 11 is 9.35. The monoisotopic (exact) mass is 315 g/mol. The van der Waals surface area contributed by atoms with Gasteiger partial charge in [0.15, 0.2) is 5.82 Å². The van der Waals surface area contributed by atoms with Crippen molar-refractivity contribution < 1.29 is 0 Å². The average molecular weight is 317 g/mol. The third-order valence-corrected chi connectivity index (χ3v) is 2.98. The third-order valence-electron chi connectivity index (χ3n) is 2.26. The van der Waals surface area contributed by atoms with Crippen LogP contribution in [0.1, 0.15) is 12.7 Å². The molecule has 2 heterocycles. The van der Waals surface area contributed by atoms with Crippen molar-refractivity contribution in [3.05, 3.63) is 33.9 Å². The summed E-state index contributed by atoms with van der Waals surface area (Å²) in [5.41, 5.74) is 0. The first-order chi connectivity index (χ1) is 8.20. The van der Waals surface area contributed by atoms with Crippen LogP contribution in [-0.4, -0.2) is 19.7 Å². The smallest absolute Gasteiger partial charge is 0.152 e. The van der Waals surface area contributed by atoms with E-state index in [9.17, 15) is 0 Å². The van der Waals surface area contributed by atoms with Gasteiger partial charge in [0.2, 0.25) is 0 Å². The molecule has 17 heavy (non-hydrogen) atoms. The molecule has 0 amide bonds. The molecule has 2 aromatic heterocycles. The molecule has 0 saturated heterocycles. The minimum atomic E-state index is 0.544. The Labute approximate surface area is 112 Å². The van der Waals surface area contributed by atoms with Gasteiger partial charge in [0, 0.05) is 17.2 Å². The van der Waals surface area contributed by atoms with E-state index in [4.69, 9.17) is 11.6 Å². The van der Waals surface area contributed by atoms with Crippen LogP contribution in [0, 0.1) is 0 Å². The van der Waals surface area contributed by atoms with Crippen molar-refractivity contribution in [1.29, 1.82) is 0 Å². The maximum absolute atomic E-state index is 6.05. The lowest BCUT2D eigenvalue weighted by atomic mass is 10.4. The van der Waals surface area contributed by atoms with Gasteiger partial charge in [-0.2, -0.15) is 0 Å². The van der Waals surface area contributed by atoms with Crippen molar-refractivity contribution in [3.8, 4) is 0 Å². The second-order valence-corrected chi connectivity index (χ2v) is 4.69. The van der Waals surface area contributed by atoms with Crippen molar-refractivity contribution in [2.45, 2.75) is 20.0 Å². The third kappa shape index (κ3) is 2.95. The maximum Gasteiger partial charge on any atom is 0.152 e. The molecule has 2 aromatic rings. The lowest BCUT2D eigenvalue weighted by molar-refractivity contribution is 0.707. The Morgan fingerprint density at radius 1 is 1.53 bits per heavy atom. The van der Waals surface area contributed by atoms with Crippen molar-refractivity contribution in [2.75, 3.05) is 5.32 Å². The van der Waals surface area contributed by atoms with Crippen LogP contribution < -0.4 is 5.32 Å². The van der Waals surface area contributed by atoms with E-state index in [1.54, 1.807) is 18.6 Å². The van der Waals surface area contributed by atoms with Crippen LogP contribution in [0.4, 0.5) is 5.82 Å². The van der Waals surface area contributed by atoms with Crippen LogP contribution in [-0.2, 0) is 13.1 Å². The number of pyridine rings is 1. The standard InChI is InChI=1S/C10H11BrClN5/c1-2-17-6-15-16-9(17)5-14-10-8(12)3-7(11)4-13-10/h3-4,6H,2,5H2,1H3,(H,13,14). The fraction of sp³-hybridized carbons (Fsp3) is 0.300. The van der Waals surface area contributed by atoms with Gasteiger partial charge in [0.05, 0.1) is 11.6 Å². The molecule has 0 bridgehead atoms. The van der Waals surface area contributed by atoms with Gasteiger partial charge in [-0.05, 0) is 28.9 Å². The highest BCUT2D eigenvalue weighted by atomic mass is 79.9. The number of hydrogen-bond acceptors (Lipinski definition) is 4. The van der Waals surface area contributed by atoms with Crippen molar-refractivity contribution in [1.82, 2.24) is 19.7 Å². The SMILES string of the molecule is CCn1cnnc1CNc1ncc(Br)cc1Cl. The van der Waals surface area contributed by atoms with E-state index < -0.39 is 0 Å². The molecule has 2 rings (SSSR count). The Morgan fingerprint density at radius 3 is 3.06 bits per heavy atom. The molecular weight excluding hydrogens is 306 g/mol. The number of nitrogens with one attached hydrogen (secondary N) is 1. The van der Waals surface area contributed by atoms with Crippen LogP contribution in [0.15, 0.2) is 23.1 Å². The fourth-order valence-corrected chi connectivity index (χ4v) is 2.08. The van der Waals surface area contributed by atoms with Gasteiger partial charge in [-0.25, -0.2) is 4.98 Å². The zero-order valence-electron chi connectivity index (χ0n) is 9.19. The molecule has 7 heteroatoms. The summed E-state index contributed by atoms with van der Waals surface area (Å²) < 4.78 is 2.81. The quantitative estimate of drug-likeness (QED) is 0.942. The van der Waals surface area contributed by atoms with Gasteiger partial charge in [-0.15, -0.1) is 10.2 Å². The van der Waals surface area contributed by atoms with Crippen LogP contribution >= 0.6 is 27.5 Å². The van der Waals surface area contributed by atoms with E-state index in [0.29, 0.717) is 17.4 Å². The van der Waals surface area contributed by atoms with Crippen molar-refractivity contribution in [2.24, 2.45) is 0 Å². The number of halogens is 2. The molecule has 0 fully saturated rings. The summed E-state index contributed by atoms with van der Waals surface area (Å²) in [6, 6.07) is 1.79. The van der Waals surface area contributed by atoms with Gasteiger partial charge in [-0.1, -0.05) is 11.6 Å². The van der Waals surface area contributed by atoms with E-state index in [1.807, 2.05) is 11.5 Å². The Balaban J connectivity index is 2.07. The number of aryl methyl sites for hydroxylation is 1. The normalized spacial score (nSPS) is 10.5. The number of hydrogen-bond donors (Lipinski definition) is 1. The first-order valence-electron chi connectivity index (χ1n) is 5.12. The lowest BCUT2D eigenvalue weighted by Gasteiger charge is -2.07. The molecule has 90 valence electrons. The summed E-state index contributed by atoms with van der Waals surface area (Å²) in [6.45, 7) is 3.42. The Morgan fingerprint density at radius 2 is 2.35 bits per heavy atom. The summed E-state index contributed by atoms with van der Waals surface area (Å²) in [7, 11) is 0. The van der Waals surface area contributed by atoms with E-state index in [1.165, 1.54) is 0 Å². The molecule has 0 aliphatic carbocycles. The highest BCUT2D eigenvalue weighted by molar-refractivity contribution is 9.10. The van der Waals surface area contributed by atoms with Crippen LogP contribution in [0.2, 0.25) is 5.02 Å². The van der Waals surface area contributed by atoms with E-state index in [0.717, 1.165) is 16.8 Å². The number of aromatic nitrogens is 4. The molecule has 5 nitrogen and oxygen atoms in total. The predicted octanol–water partition coefficient (Wildman–Crippen LogP) is 2.72. The summed E-state index contributed by atoms with van der Waals surface area (Å²) in [6.07, 6.45) is 3.40. The summed E-state index contributed by atoms with van der Waals surface area (Å²) in [5.74, 6) is 1.49. The average Bonchev–Trinajstić information content (AvgIpc) is 2.75. The molecule has 0 unspecified atom stereocenters. The second-order valence-electron chi connectivity index (χ2n) is 3.37. The molecule has 0 saturated carbocycles. The first kappa shape index (κ1) is 12.3. The van der Waals surface area contributed by atoms with Gasteiger partial charge in [-0.3, -0.25) is 0 Å². The zero-order valence-corrected chi connectivity index (χ0v) is 11.5. The molecule has 1 N–H and O–H groups in total. The van der Waals surface area contributed by atoms with Gasteiger partial charge in [0.1, 0.15) is 12.1 Å². The number of rotatable bonds is 4. The minimum Gasteiger partial charge on any atom is -0.362 e. The molecule has 0 aliphatic rings. The lowest BCUT2D eigenvalue weighted by Crippen LogP contribution is -2.08. The van der Waals surface area contributed by atoms with Crippen molar-refractivity contribution >= 4 is 33.3 Å². The molecule has 0 aliphatic heterocycles. The van der Waals surface area contributed by atoms with Gasteiger partial charge < -0.3 is 9.88 Å². The van der Waals surface area contributed by atoms with E-state index in [-0.39, 0.29) is 0 Å². The van der Waals surface area contributed by atoms with Crippen LogP contribution in [0.25, 0.3) is 0 Å². The van der Waals surface area contributed by atoms with Crippen LogP contribution in [0.5, 0.6) is 0 Å². The topological polar surface area (TPSA) is 55.6 Å². The van der Waals surface area contributed by atoms with Crippen LogP contribution in [0.3, 0.4) is 0 Å². The maximum atomic E-state index is 6.05. The molecule has 0 radical (unpaired) electrons. The largest absolute Gasteiger partial charge is 0.362 e. The highest BCUT2D eigenvalue weighted by Gasteiger charge is 2.05. The molecule has 0 aromatic carbocycles. The van der Waals surface area contributed by atoms with E-state index in [2.05, 4.69) is 36.4 Å². The van der Waals surface area contributed by atoms with Gasteiger partial charge >= 0.3 is 0 Å². The Bertz CT molecular complexity index is 513. The first-order valence-corrected chi connectivity index (χ1v) is 6.29. The molecule has 0 spiro atoms. The molecular formula is C10H11BrClN5.